The summed E-state index contributed by atoms with van der Waals surface area (Å²) in [5, 5.41) is 13.9. The summed E-state index contributed by atoms with van der Waals surface area (Å²) in [6.07, 6.45) is 1.63. The van der Waals surface area contributed by atoms with Crippen LogP contribution in [0.3, 0.4) is 0 Å². The number of rotatable bonds is 2. The van der Waals surface area contributed by atoms with E-state index in [1.54, 1.807) is 6.07 Å². The Morgan fingerprint density at radius 1 is 1.47 bits per heavy atom. The number of hydrogen-bond donors (Lipinski definition) is 1. The Hall–Kier alpha value is -1.63. The molecule has 2 heterocycles. The predicted octanol–water partition coefficient (Wildman–Crippen LogP) is -0.763. The van der Waals surface area contributed by atoms with Crippen LogP contribution in [-0.2, 0) is 9.84 Å². The highest BCUT2D eigenvalue weighted by Gasteiger charge is 2.30. The first kappa shape index (κ1) is 11.8. The third-order valence-electron chi connectivity index (χ3n) is 2.62. The summed E-state index contributed by atoms with van der Waals surface area (Å²) in [5.74, 6) is -0.503. The van der Waals surface area contributed by atoms with E-state index in [0.717, 1.165) is 0 Å². The van der Waals surface area contributed by atoms with Gasteiger partial charge in [-0.25, -0.2) is 8.42 Å². The molecule has 0 aliphatic carbocycles. The molecule has 0 saturated carbocycles. The van der Waals surface area contributed by atoms with Crippen molar-refractivity contribution in [2.75, 3.05) is 11.5 Å². The van der Waals surface area contributed by atoms with Crippen molar-refractivity contribution in [3.05, 3.63) is 35.3 Å². The molecule has 1 atom stereocenters. The maximum Gasteiger partial charge on any atom is 0.317 e. The van der Waals surface area contributed by atoms with E-state index in [-0.39, 0.29) is 17.2 Å². The average Bonchev–Trinajstić information content (AvgIpc) is 2.58. The van der Waals surface area contributed by atoms with Crippen molar-refractivity contribution in [3.8, 4) is 0 Å². The van der Waals surface area contributed by atoms with Crippen LogP contribution in [0.4, 0.5) is 0 Å². The Morgan fingerprint density at radius 3 is 2.82 bits per heavy atom. The fourth-order valence-electron chi connectivity index (χ4n) is 1.77. The fourth-order valence-corrected chi connectivity index (χ4v) is 3.45. The Morgan fingerprint density at radius 2 is 2.24 bits per heavy atom. The number of carbonyl (C=O) groups is 1. The molecule has 1 aromatic heterocycles. The molecule has 0 bridgehead atoms. The molecule has 1 amide bonds. The summed E-state index contributed by atoms with van der Waals surface area (Å²) in [7, 11) is -3.03. The Labute approximate surface area is 98.8 Å². The number of nitrogens with one attached hydrogen (secondary N) is 1. The lowest BCUT2D eigenvalue weighted by Gasteiger charge is -2.10. The van der Waals surface area contributed by atoms with Gasteiger partial charge in [0.15, 0.2) is 16.0 Å². The summed E-state index contributed by atoms with van der Waals surface area (Å²) in [5.41, 5.74) is -0.0307. The van der Waals surface area contributed by atoms with Gasteiger partial charge in [0.2, 0.25) is 0 Å². The number of aromatic nitrogens is 1. The van der Waals surface area contributed by atoms with Crippen molar-refractivity contribution in [2.24, 2.45) is 0 Å². The summed E-state index contributed by atoms with van der Waals surface area (Å²) in [6, 6.07) is 4.09. The van der Waals surface area contributed by atoms with Crippen molar-refractivity contribution in [1.29, 1.82) is 0 Å². The van der Waals surface area contributed by atoms with Crippen molar-refractivity contribution in [1.82, 2.24) is 5.32 Å². The van der Waals surface area contributed by atoms with Gasteiger partial charge in [-0.05, 0) is 12.5 Å². The van der Waals surface area contributed by atoms with Gasteiger partial charge in [-0.15, -0.1) is 0 Å². The topological polar surface area (TPSA) is 90.2 Å². The number of carbonyl (C=O) groups excluding carboxylic acids is 1. The van der Waals surface area contributed by atoms with Crippen molar-refractivity contribution in [3.63, 3.8) is 0 Å². The minimum absolute atomic E-state index is 0.0307. The molecule has 1 saturated heterocycles. The quantitative estimate of drug-likeness (QED) is 0.556. The van der Waals surface area contributed by atoms with E-state index in [1.165, 1.54) is 18.3 Å². The van der Waals surface area contributed by atoms with E-state index in [1.807, 2.05) is 0 Å². The molecule has 0 radical (unpaired) electrons. The van der Waals surface area contributed by atoms with Crippen molar-refractivity contribution < 1.29 is 17.9 Å². The van der Waals surface area contributed by atoms with Crippen LogP contribution in [0.2, 0.25) is 0 Å². The van der Waals surface area contributed by atoms with Crippen molar-refractivity contribution in [2.45, 2.75) is 12.5 Å². The minimum Gasteiger partial charge on any atom is -0.618 e. The largest absolute Gasteiger partial charge is 0.618 e. The van der Waals surface area contributed by atoms with Crippen LogP contribution in [-0.4, -0.2) is 31.9 Å². The number of pyridine rings is 1. The van der Waals surface area contributed by atoms with Crippen molar-refractivity contribution >= 4 is 15.7 Å². The summed E-state index contributed by atoms with van der Waals surface area (Å²) in [4.78, 5) is 11.7. The van der Waals surface area contributed by atoms with Gasteiger partial charge in [0.25, 0.3) is 5.69 Å². The van der Waals surface area contributed by atoms with E-state index >= 15 is 0 Å². The molecule has 1 N–H and O–H groups in total. The van der Waals surface area contributed by atoms with Gasteiger partial charge in [-0.3, -0.25) is 4.79 Å². The Balaban J connectivity index is 2.06. The van der Waals surface area contributed by atoms with Crippen LogP contribution in [0.5, 0.6) is 0 Å². The van der Waals surface area contributed by atoms with E-state index in [4.69, 9.17) is 0 Å². The lowest BCUT2D eigenvalue weighted by atomic mass is 10.2. The van der Waals surface area contributed by atoms with E-state index in [0.29, 0.717) is 11.2 Å². The second kappa shape index (κ2) is 4.33. The summed E-state index contributed by atoms with van der Waals surface area (Å²) in [6.45, 7) is 0. The zero-order valence-electron chi connectivity index (χ0n) is 9.00. The summed E-state index contributed by atoms with van der Waals surface area (Å²) >= 11 is 0. The average molecular weight is 256 g/mol. The molecule has 1 aromatic rings. The van der Waals surface area contributed by atoms with E-state index in [9.17, 15) is 18.4 Å². The maximum absolute atomic E-state index is 11.7. The molecule has 1 unspecified atom stereocenters. The van der Waals surface area contributed by atoms with Crippen LogP contribution in [0.15, 0.2) is 24.4 Å². The van der Waals surface area contributed by atoms with Crippen LogP contribution >= 0.6 is 0 Å². The number of sulfone groups is 1. The maximum atomic E-state index is 11.7. The first-order chi connectivity index (χ1) is 7.98. The normalized spacial score (nSPS) is 22.2. The predicted molar refractivity (Wildman–Crippen MR) is 59.9 cm³/mol. The van der Waals surface area contributed by atoms with Crippen LogP contribution in [0, 0.1) is 5.21 Å². The van der Waals surface area contributed by atoms with Crippen LogP contribution in [0.1, 0.15) is 16.9 Å². The third kappa shape index (κ3) is 2.73. The molecule has 17 heavy (non-hydrogen) atoms. The Bertz CT molecular complexity index is 541. The minimum atomic E-state index is -3.03. The third-order valence-corrected chi connectivity index (χ3v) is 4.39. The van der Waals surface area contributed by atoms with Gasteiger partial charge < -0.3 is 10.5 Å². The molecule has 6 nitrogen and oxygen atoms in total. The highest BCUT2D eigenvalue weighted by molar-refractivity contribution is 7.91. The number of nitrogens with zero attached hydrogens (tertiary/aromatic N) is 1. The highest BCUT2D eigenvalue weighted by Crippen LogP contribution is 2.11. The summed E-state index contributed by atoms with van der Waals surface area (Å²) < 4.78 is 22.9. The molecule has 7 heteroatoms. The van der Waals surface area contributed by atoms with E-state index < -0.39 is 21.8 Å². The molecule has 92 valence electrons. The van der Waals surface area contributed by atoms with Gasteiger partial charge >= 0.3 is 5.91 Å². The van der Waals surface area contributed by atoms with Gasteiger partial charge in [0.1, 0.15) is 0 Å². The molecular formula is C10H12N2O4S. The molecule has 2 rings (SSSR count). The van der Waals surface area contributed by atoms with Gasteiger partial charge in [0, 0.05) is 18.2 Å². The molecular weight excluding hydrogens is 244 g/mol. The molecule has 0 spiro atoms. The van der Waals surface area contributed by atoms with E-state index in [2.05, 4.69) is 5.32 Å². The molecule has 1 fully saturated rings. The SMILES string of the molecule is O=C(NC1CCS(=O)(=O)C1)c1cccc[n+]1[O-]. The van der Waals surface area contributed by atoms with Gasteiger partial charge in [-0.1, -0.05) is 0 Å². The number of amides is 1. The monoisotopic (exact) mass is 256 g/mol. The van der Waals surface area contributed by atoms with Gasteiger partial charge in [-0.2, -0.15) is 4.73 Å². The van der Waals surface area contributed by atoms with Crippen LogP contribution < -0.4 is 10.0 Å². The second-order valence-corrected chi connectivity index (χ2v) is 6.21. The first-order valence-electron chi connectivity index (χ1n) is 5.17. The molecule has 0 aromatic carbocycles. The zero-order valence-corrected chi connectivity index (χ0v) is 9.81. The lowest BCUT2D eigenvalue weighted by molar-refractivity contribution is -0.607. The highest BCUT2D eigenvalue weighted by atomic mass is 32.2. The van der Waals surface area contributed by atoms with Gasteiger partial charge in [0.05, 0.1) is 11.5 Å². The zero-order chi connectivity index (χ0) is 12.5. The standard InChI is InChI=1S/C10H12N2O4S/c13-10(9-3-1-2-5-12(9)14)11-8-4-6-17(15,16)7-8/h1-3,5,8H,4,6-7H2,(H,11,13). The Kier molecular flexibility index (Phi) is 3.01. The molecule has 1 aliphatic heterocycles. The second-order valence-electron chi connectivity index (χ2n) is 3.99. The van der Waals surface area contributed by atoms with Crippen LogP contribution in [0.25, 0.3) is 0 Å². The smallest absolute Gasteiger partial charge is 0.317 e. The lowest BCUT2D eigenvalue weighted by Crippen LogP contribution is -2.43. The fraction of sp³-hybridized carbons (Fsp3) is 0.400. The number of hydrogen-bond acceptors (Lipinski definition) is 4. The molecule has 1 aliphatic rings. The first-order valence-corrected chi connectivity index (χ1v) is 6.99.